The Morgan fingerprint density at radius 3 is 2.89 bits per heavy atom. The van der Waals surface area contributed by atoms with Crippen molar-refractivity contribution in [3.63, 3.8) is 0 Å². The van der Waals surface area contributed by atoms with Gasteiger partial charge in [0.2, 0.25) is 5.91 Å². The van der Waals surface area contributed by atoms with E-state index in [4.69, 9.17) is 4.74 Å². The molecule has 2 rings (SSSR count). The van der Waals surface area contributed by atoms with Crippen molar-refractivity contribution in [2.24, 2.45) is 0 Å². The largest absolute Gasteiger partial charge is 0.389 e. The van der Waals surface area contributed by atoms with Crippen LogP contribution < -0.4 is 10.6 Å². The van der Waals surface area contributed by atoms with Crippen LogP contribution in [-0.2, 0) is 9.53 Å². The lowest BCUT2D eigenvalue weighted by Crippen LogP contribution is -2.40. The Labute approximate surface area is 113 Å². The third kappa shape index (κ3) is 3.76. The van der Waals surface area contributed by atoms with Crippen LogP contribution in [0.2, 0.25) is 0 Å². The molecule has 0 saturated carbocycles. The minimum absolute atomic E-state index is 0.0422. The summed E-state index contributed by atoms with van der Waals surface area (Å²) >= 11 is 0. The fourth-order valence-corrected chi connectivity index (χ4v) is 2.21. The van der Waals surface area contributed by atoms with Crippen molar-refractivity contribution in [3.05, 3.63) is 29.8 Å². The first-order valence-electron chi connectivity index (χ1n) is 6.45. The van der Waals surface area contributed by atoms with Crippen molar-refractivity contribution >= 4 is 11.6 Å². The predicted molar refractivity (Wildman–Crippen MR) is 72.9 cm³/mol. The van der Waals surface area contributed by atoms with Crippen LogP contribution in [0.1, 0.15) is 25.5 Å². The first-order valence-corrected chi connectivity index (χ1v) is 6.45. The van der Waals surface area contributed by atoms with Gasteiger partial charge in [-0.25, -0.2) is 0 Å². The van der Waals surface area contributed by atoms with E-state index in [2.05, 4.69) is 10.6 Å². The van der Waals surface area contributed by atoms with Crippen LogP contribution in [0.4, 0.5) is 5.69 Å². The van der Waals surface area contributed by atoms with E-state index >= 15 is 0 Å². The highest BCUT2D eigenvalue weighted by molar-refractivity contribution is 5.88. The molecule has 1 aromatic carbocycles. The number of aliphatic hydroxyl groups is 1. The Balaban J connectivity index is 2.01. The summed E-state index contributed by atoms with van der Waals surface area (Å²) in [4.78, 5) is 11.0. The molecule has 0 radical (unpaired) electrons. The van der Waals surface area contributed by atoms with Crippen molar-refractivity contribution in [3.8, 4) is 0 Å². The molecule has 0 bridgehead atoms. The van der Waals surface area contributed by atoms with Gasteiger partial charge >= 0.3 is 0 Å². The molecule has 1 aromatic rings. The number of carbonyl (C=O) groups excluding carboxylic acids is 1. The number of anilines is 1. The van der Waals surface area contributed by atoms with Gasteiger partial charge in [-0.2, -0.15) is 0 Å². The molecule has 104 valence electrons. The zero-order chi connectivity index (χ0) is 13.8. The summed E-state index contributed by atoms with van der Waals surface area (Å²) in [6.45, 7) is 4.42. The predicted octanol–water partition coefficient (Wildman–Crippen LogP) is 1.06. The van der Waals surface area contributed by atoms with Crippen LogP contribution >= 0.6 is 0 Å². The number of ether oxygens (including phenoxy) is 1. The van der Waals surface area contributed by atoms with E-state index < -0.39 is 6.10 Å². The van der Waals surface area contributed by atoms with Crippen molar-refractivity contribution in [1.82, 2.24) is 5.32 Å². The van der Waals surface area contributed by atoms with Crippen molar-refractivity contribution < 1.29 is 14.6 Å². The first kappa shape index (κ1) is 14.0. The second-order valence-corrected chi connectivity index (χ2v) is 4.91. The summed E-state index contributed by atoms with van der Waals surface area (Å²) in [5.74, 6) is -0.0858. The highest BCUT2D eigenvalue weighted by Crippen LogP contribution is 2.19. The average molecular weight is 264 g/mol. The van der Waals surface area contributed by atoms with Gasteiger partial charge < -0.3 is 20.5 Å². The smallest absolute Gasteiger partial charge is 0.221 e. The van der Waals surface area contributed by atoms with Crippen LogP contribution in [0.25, 0.3) is 0 Å². The van der Waals surface area contributed by atoms with E-state index in [0.717, 1.165) is 11.3 Å². The molecule has 0 spiro atoms. The van der Waals surface area contributed by atoms with Gasteiger partial charge in [-0.1, -0.05) is 12.1 Å². The zero-order valence-electron chi connectivity index (χ0n) is 11.2. The van der Waals surface area contributed by atoms with Crippen molar-refractivity contribution in [1.29, 1.82) is 0 Å². The number of benzene rings is 1. The lowest BCUT2D eigenvalue weighted by molar-refractivity contribution is -0.114. The van der Waals surface area contributed by atoms with Gasteiger partial charge in [0.25, 0.3) is 0 Å². The van der Waals surface area contributed by atoms with Gasteiger partial charge in [-0.05, 0) is 24.6 Å². The maximum Gasteiger partial charge on any atom is 0.221 e. The zero-order valence-corrected chi connectivity index (χ0v) is 11.2. The third-order valence-electron chi connectivity index (χ3n) is 3.22. The third-order valence-corrected chi connectivity index (χ3v) is 3.22. The second-order valence-electron chi connectivity index (χ2n) is 4.91. The number of hydrogen-bond acceptors (Lipinski definition) is 4. The maximum atomic E-state index is 11.0. The second kappa shape index (κ2) is 6.14. The molecule has 1 aliphatic rings. The van der Waals surface area contributed by atoms with E-state index in [-0.39, 0.29) is 18.0 Å². The number of nitrogens with one attached hydrogen (secondary N) is 2. The summed E-state index contributed by atoms with van der Waals surface area (Å²) in [5.41, 5.74) is 1.84. The number of rotatable bonds is 4. The van der Waals surface area contributed by atoms with E-state index in [1.54, 1.807) is 0 Å². The van der Waals surface area contributed by atoms with Crippen molar-refractivity contribution in [2.45, 2.75) is 32.0 Å². The van der Waals surface area contributed by atoms with E-state index in [9.17, 15) is 9.90 Å². The minimum atomic E-state index is -0.457. The maximum absolute atomic E-state index is 11.0. The van der Waals surface area contributed by atoms with Gasteiger partial charge in [-0.15, -0.1) is 0 Å². The summed E-state index contributed by atoms with van der Waals surface area (Å²) in [5, 5.41) is 15.8. The van der Waals surface area contributed by atoms with Crippen LogP contribution in [0.15, 0.2) is 24.3 Å². The molecule has 5 heteroatoms. The summed E-state index contributed by atoms with van der Waals surface area (Å²) in [6, 6.07) is 7.72. The topological polar surface area (TPSA) is 70.6 Å². The normalized spacial score (nSPS) is 24.2. The molecule has 0 aromatic heterocycles. The monoisotopic (exact) mass is 264 g/mol. The van der Waals surface area contributed by atoms with Gasteiger partial charge in [0.15, 0.2) is 0 Å². The van der Waals surface area contributed by atoms with Crippen LogP contribution in [0.3, 0.4) is 0 Å². The lowest BCUT2D eigenvalue weighted by atomic mass is 10.1. The van der Waals surface area contributed by atoms with Crippen molar-refractivity contribution in [2.75, 3.05) is 18.5 Å². The SMILES string of the molecule is CC(=O)Nc1cccc(C(C)NC2COCC2O)c1. The summed E-state index contributed by atoms with van der Waals surface area (Å²) in [7, 11) is 0. The standard InChI is InChI=1S/C14H20N2O3/c1-9(15-13-7-19-8-14(13)18)11-4-3-5-12(6-11)16-10(2)17/h3-6,9,13-15,18H,7-8H2,1-2H3,(H,16,17). The minimum Gasteiger partial charge on any atom is -0.389 e. The molecule has 3 atom stereocenters. The Hall–Kier alpha value is -1.43. The molecular weight excluding hydrogens is 244 g/mol. The molecule has 19 heavy (non-hydrogen) atoms. The summed E-state index contributed by atoms with van der Waals surface area (Å²) < 4.78 is 5.21. The van der Waals surface area contributed by atoms with Gasteiger partial charge in [0.1, 0.15) is 0 Å². The molecule has 3 N–H and O–H groups in total. The van der Waals surface area contributed by atoms with E-state index in [1.807, 2.05) is 31.2 Å². The molecule has 1 aliphatic heterocycles. The molecular formula is C14H20N2O3. The Morgan fingerprint density at radius 2 is 2.26 bits per heavy atom. The number of amides is 1. The lowest BCUT2D eigenvalue weighted by Gasteiger charge is -2.21. The quantitative estimate of drug-likeness (QED) is 0.760. The molecule has 1 heterocycles. The Bertz CT molecular complexity index is 450. The number of carbonyl (C=O) groups is 1. The highest BCUT2D eigenvalue weighted by Gasteiger charge is 2.27. The van der Waals surface area contributed by atoms with Crippen LogP contribution in [0, 0.1) is 0 Å². The van der Waals surface area contributed by atoms with Gasteiger partial charge in [0, 0.05) is 18.7 Å². The Kier molecular flexibility index (Phi) is 4.52. The van der Waals surface area contributed by atoms with Crippen LogP contribution in [0.5, 0.6) is 0 Å². The number of aliphatic hydroxyl groups excluding tert-OH is 1. The summed E-state index contributed by atoms with van der Waals surface area (Å²) in [6.07, 6.45) is -0.457. The molecule has 5 nitrogen and oxygen atoms in total. The van der Waals surface area contributed by atoms with Gasteiger partial charge in [-0.3, -0.25) is 4.79 Å². The molecule has 1 saturated heterocycles. The molecule has 1 amide bonds. The average Bonchev–Trinajstić information content (AvgIpc) is 2.74. The van der Waals surface area contributed by atoms with Crippen LogP contribution in [-0.4, -0.2) is 36.4 Å². The molecule has 0 aliphatic carbocycles. The fraction of sp³-hybridized carbons (Fsp3) is 0.500. The van der Waals surface area contributed by atoms with E-state index in [1.165, 1.54) is 6.92 Å². The fourth-order valence-electron chi connectivity index (χ4n) is 2.21. The van der Waals surface area contributed by atoms with E-state index in [0.29, 0.717) is 13.2 Å². The number of hydrogen-bond donors (Lipinski definition) is 3. The highest BCUT2D eigenvalue weighted by atomic mass is 16.5. The first-order chi connectivity index (χ1) is 9.06. The van der Waals surface area contributed by atoms with Gasteiger partial charge in [0.05, 0.1) is 25.4 Å². The molecule has 3 unspecified atom stereocenters. The Morgan fingerprint density at radius 1 is 1.47 bits per heavy atom. The molecule has 1 fully saturated rings.